The van der Waals surface area contributed by atoms with E-state index in [-0.39, 0.29) is 17.6 Å². The first kappa shape index (κ1) is 14.5. The summed E-state index contributed by atoms with van der Waals surface area (Å²) in [7, 11) is 0. The van der Waals surface area contributed by atoms with E-state index >= 15 is 0 Å². The Kier molecular flexibility index (Phi) is 4.93. The van der Waals surface area contributed by atoms with Crippen LogP contribution in [0, 0.1) is 5.82 Å². The number of piperidine rings is 1. The van der Waals surface area contributed by atoms with Gasteiger partial charge >= 0.3 is 0 Å². The first-order valence-corrected chi connectivity index (χ1v) is 7.27. The second kappa shape index (κ2) is 6.48. The molecule has 0 N–H and O–H groups in total. The molecule has 1 amide bonds. The number of ether oxygens (including phenoxy) is 1. The van der Waals surface area contributed by atoms with Gasteiger partial charge in [0.25, 0.3) is 5.91 Å². The Hall–Kier alpha value is -0.940. The average Bonchev–Trinajstić information content (AvgIpc) is 2.42. The van der Waals surface area contributed by atoms with Crippen LogP contribution < -0.4 is 0 Å². The molecule has 0 atom stereocenters. The standard InChI is InChI=1S/C14H17BrFNO2/c1-2-19-10-6-8-17(9-7-10)14(18)11-4-3-5-12(15)13(11)16/h3-5,10H,2,6-9H2,1H3. The van der Waals surface area contributed by atoms with Gasteiger partial charge in [-0.05, 0) is 47.8 Å². The molecule has 1 aliphatic heterocycles. The number of hydrogen-bond donors (Lipinski definition) is 0. The van der Waals surface area contributed by atoms with Crippen LogP contribution in [-0.4, -0.2) is 36.6 Å². The molecule has 0 aliphatic carbocycles. The van der Waals surface area contributed by atoms with Crippen LogP contribution in [0.2, 0.25) is 0 Å². The molecule has 1 aliphatic rings. The normalized spacial score (nSPS) is 16.7. The van der Waals surface area contributed by atoms with E-state index in [0.717, 1.165) is 12.8 Å². The Morgan fingerprint density at radius 1 is 1.47 bits per heavy atom. The molecule has 104 valence electrons. The van der Waals surface area contributed by atoms with Gasteiger partial charge in [-0.1, -0.05) is 6.07 Å². The molecule has 2 rings (SSSR count). The van der Waals surface area contributed by atoms with Crippen LogP contribution in [0.1, 0.15) is 30.1 Å². The highest BCUT2D eigenvalue weighted by Crippen LogP contribution is 2.22. The summed E-state index contributed by atoms with van der Waals surface area (Å²) in [4.78, 5) is 14.0. The van der Waals surface area contributed by atoms with Crippen molar-refractivity contribution in [1.29, 1.82) is 0 Å². The van der Waals surface area contributed by atoms with Crippen molar-refractivity contribution in [3.8, 4) is 0 Å². The third kappa shape index (κ3) is 3.34. The van der Waals surface area contributed by atoms with E-state index in [4.69, 9.17) is 4.74 Å². The molecule has 1 saturated heterocycles. The molecule has 0 unspecified atom stereocenters. The lowest BCUT2D eigenvalue weighted by Gasteiger charge is -2.31. The summed E-state index contributed by atoms with van der Waals surface area (Å²) in [5.74, 6) is -0.729. The van der Waals surface area contributed by atoms with Gasteiger partial charge in [-0.25, -0.2) is 4.39 Å². The lowest BCUT2D eigenvalue weighted by Crippen LogP contribution is -2.41. The minimum absolute atomic E-state index is 0.129. The zero-order valence-electron chi connectivity index (χ0n) is 10.9. The molecule has 0 aromatic heterocycles. The fourth-order valence-electron chi connectivity index (χ4n) is 2.30. The van der Waals surface area contributed by atoms with Crippen LogP contribution in [0.25, 0.3) is 0 Å². The van der Waals surface area contributed by atoms with E-state index in [9.17, 15) is 9.18 Å². The average molecular weight is 330 g/mol. The minimum atomic E-state index is -0.487. The molecule has 0 radical (unpaired) electrons. The predicted molar refractivity (Wildman–Crippen MR) is 74.7 cm³/mol. The summed E-state index contributed by atoms with van der Waals surface area (Å²) < 4.78 is 19.7. The Morgan fingerprint density at radius 2 is 2.16 bits per heavy atom. The smallest absolute Gasteiger partial charge is 0.256 e. The first-order valence-electron chi connectivity index (χ1n) is 6.48. The van der Waals surface area contributed by atoms with Crippen molar-refractivity contribution in [3.63, 3.8) is 0 Å². The second-order valence-electron chi connectivity index (χ2n) is 4.55. The van der Waals surface area contributed by atoms with Gasteiger partial charge in [0.1, 0.15) is 5.82 Å². The van der Waals surface area contributed by atoms with Gasteiger partial charge in [-0.3, -0.25) is 4.79 Å². The topological polar surface area (TPSA) is 29.5 Å². The summed E-state index contributed by atoms with van der Waals surface area (Å²) in [6.45, 7) is 3.90. The number of rotatable bonds is 3. The quantitative estimate of drug-likeness (QED) is 0.852. The fraction of sp³-hybridized carbons (Fsp3) is 0.500. The van der Waals surface area contributed by atoms with Gasteiger partial charge in [0, 0.05) is 19.7 Å². The number of carbonyl (C=O) groups excluding carboxylic acids is 1. The highest BCUT2D eigenvalue weighted by atomic mass is 79.9. The second-order valence-corrected chi connectivity index (χ2v) is 5.40. The van der Waals surface area contributed by atoms with Gasteiger partial charge in [0.05, 0.1) is 16.1 Å². The first-order chi connectivity index (χ1) is 9.13. The van der Waals surface area contributed by atoms with E-state index in [1.807, 2.05) is 6.92 Å². The molecule has 3 nitrogen and oxygen atoms in total. The third-order valence-corrected chi connectivity index (χ3v) is 3.93. The van der Waals surface area contributed by atoms with Crippen molar-refractivity contribution in [3.05, 3.63) is 34.1 Å². The van der Waals surface area contributed by atoms with Crippen LogP contribution in [0.15, 0.2) is 22.7 Å². The molecular weight excluding hydrogens is 313 g/mol. The SMILES string of the molecule is CCOC1CCN(C(=O)c2cccc(Br)c2F)CC1. The number of halogens is 2. The summed E-state index contributed by atoms with van der Waals surface area (Å²) in [5.41, 5.74) is 0.129. The highest BCUT2D eigenvalue weighted by molar-refractivity contribution is 9.10. The van der Waals surface area contributed by atoms with Crippen LogP contribution in [0.3, 0.4) is 0 Å². The van der Waals surface area contributed by atoms with E-state index in [1.54, 1.807) is 17.0 Å². The maximum atomic E-state index is 13.9. The van der Waals surface area contributed by atoms with E-state index in [0.29, 0.717) is 24.2 Å². The summed E-state index contributed by atoms with van der Waals surface area (Å²) in [6, 6.07) is 4.79. The molecule has 1 aromatic rings. The molecule has 0 spiro atoms. The van der Waals surface area contributed by atoms with Gasteiger partial charge in [-0.15, -0.1) is 0 Å². The Bertz CT molecular complexity index is 459. The molecule has 1 heterocycles. The summed E-state index contributed by atoms with van der Waals surface area (Å²) >= 11 is 3.10. The Labute approximate surface area is 120 Å². The molecule has 1 aromatic carbocycles. The van der Waals surface area contributed by atoms with Crippen molar-refractivity contribution >= 4 is 21.8 Å². The van der Waals surface area contributed by atoms with Crippen LogP contribution in [0.4, 0.5) is 4.39 Å². The highest BCUT2D eigenvalue weighted by Gasteiger charge is 2.25. The summed E-state index contributed by atoms with van der Waals surface area (Å²) in [6.07, 6.45) is 1.85. The molecule has 0 bridgehead atoms. The van der Waals surface area contributed by atoms with Crippen LogP contribution in [0.5, 0.6) is 0 Å². The monoisotopic (exact) mass is 329 g/mol. The van der Waals surface area contributed by atoms with Crippen molar-refractivity contribution in [2.24, 2.45) is 0 Å². The Morgan fingerprint density at radius 3 is 2.79 bits per heavy atom. The summed E-state index contributed by atoms with van der Waals surface area (Å²) in [5, 5.41) is 0. The van der Waals surface area contributed by atoms with Gasteiger partial charge < -0.3 is 9.64 Å². The molecule has 5 heteroatoms. The van der Waals surface area contributed by atoms with Gasteiger partial charge in [0.15, 0.2) is 0 Å². The number of carbonyl (C=O) groups is 1. The number of likely N-dealkylation sites (tertiary alicyclic amines) is 1. The fourth-order valence-corrected chi connectivity index (χ4v) is 2.67. The molecule has 19 heavy (non-hydrogen) atoms. The number of hydrogen-bond acceptors (Lipinski definition) is 2. The lowest BCUT2D eigenvalue weighted by molar-refractivity contribution is 0.0144. The van der Waals surface area contributed by atoms with Gasteiger partial charge in [-0.2, -0.15) is 0 Å². The third-order valence-electron chi connectivity index (χ3n) is 3.31. The predicted octanol–water partition coefficient (Wildman–Crippen LogP) is 3.23. The van der Waals surface area contributed by atoms with Gasteiger partial charge in [0.2, 0.25) is 0 Å². The molecule has 0 saturated carbocycles. The zero-order chi connectivity index (χ0) is 13.8. The minimum Gasteiger partial charge on any atom is -0.378 e. The Balaban J connectivity index is 2.03. The van der Waals surface area contributed by atoms with Crippen molar-refractivity contribution in [1.82, 2.24) is 4.90 Å². The largest absolute Gasteiger partial charge is 0.378 e. The zero-order valence-corrected chi connectivity index (χ0v) is 12.5. The van der Waals surface area contributed by atoms with Crippen molar-refractivity contribution in [2.45, 2.75) is 25.9 Å². The molecular formula is C14H17BrFNO2. The number of benzene rings is 1. The van der Waals surface area contributed by atoms with E-state index in [1.165, 1.54) is 6.07 Å². The maximum absolute atomic E-state index is 13.9. The van der Waals surface area contributed by atoms with Crippen molar-refractivity contribution < 1.29 is 13.9 Å². The lowest BCUT2D eigenvalue weighted by atomic mass is 10.1. The van der Waals surface area contributed by atoms with Crippen molar-refractivity contribution in [2.75, 3.05) is 19.7 Å². The van der Waals surface area contributed by atoms with E-state index in [2.05, 4.69) is 15.9 Å². The number of amides is 1. The molecule has 1 fully saturated rings. The van der Waals surface area contributed by atoms with Crippen LogP contribution in [-0.2, 0) is 4.74 Å². The van der Waals surface area contributed by atoms with Crippen LogP contribution >= 0.6 is 15.9 Å². The number of nitrogens with zero attached hydrogens (tertiary/aromatic N) is 1. The maximum Gasteiger partial charge on any atom is 0.256 e. The van der Waals surface area contributed by atoms with E-state index < -0.39 is 5.82 Å².